The van der Waals surface area contributed by atoms with Crippen molar-refractivity contribution in [3.8, 4) is 11.5 Å². The molecule has 1 aromatic rings. The molecule has 2 bridgehead atoms. The molecule has 2 aliphatic carbocycles. The van der Waals surface area contributed by atoms with Crippen LogP contribution in [0.15, 0.2) is 24.0 Å². The highest BCUT2D eigenvalue weighted by molar-refractivity contribution is 6.08. The lowest BCUT2D eigenvalue weighted by Crippen LogP contribution is -2.63. The van der Waals surface area contributed by atoms with E-state index >= 15 is 0 Å². The summed E-state index contributed by atoms with van der Waals surface area (Å²) in [4.78, 5) is 2.49. The molecular formula is C18H20BNO3. The number of hydrogen-bond donors (Lipinski definition) is 1. The van der Waals surface area contributed by atoms with Gasteiger partial charge >= 0.3 is 0 Å². The summed E-state index contributed by atoms with van der Waals surface area (Å²) in [6.07, 6.45) is 5.05. The Hall–Kier alpha value is -1.62. The maximum atomic E-state index is 10.4. The van der Waals surface area contributed by atoms with Crippen molar-refractivity contribution in [1.82, 2.24) is 4.90 Å². The molecule has 1 aromatic carbocycles. The molecule has 1 fully saturated rings. The molecule has 5 rings (SSSR count). The van der Waals surface area contributed by atoms with E-state index in [1.807, 2.05) is 0 Å². The fourth-order valence-corrected chi connectivity index (χ4v) is 5.55. The molecule has 0 aromatic heterocycles. The SMILES string of the molecule is [B]COC1=CCC2[C@H]3Cc4ccc(O)c5c4[C@@]2(CCN3C)C1O5. The molecule has 2 aliphatic heterocycles. The number of likely N-dealkylation sites (tertiary alicyclic amines) is 1. The van der Waals surface area contributed by atoms with Crippen LogP contribution in [0.25, 0.3) is 0 Å². The Morgan fingerprint density at radius 2 is 2.35 bits per heavy atom. The van der Waals surface area contributed by atoms with Gasteiger partial charge in [-0.25, -0.2) is 0 Å². The van der Waals surface area contributed by atoms with Crippen LogP contribution in [-0.4, -0.2) is 50.1 Å². The van der Waals surface area contributed by atoms with Gasteiger partial charge in [-0.15, -0.1) is 0 Å². The van der Waals surface area contributed by atoms with Crippen molar-refractivity contribution in [1.29, 1.82) is 0 Å². The average Bonchev–Trinajstić information content (AvgIpc) is 2.90. The lowest BCUT2D eigenvalue weighted by molar-refractivity contribution is -0.0280. The van der Waals surface area contributed by atoms with E-state index in [4.69, 9.17) is 17.3 Å². The summed E-state index contributed by atoms with van der Waals surface area (Å²) >= 11 is 0. The Balaban J connectivity index is 1.77. The number of nitrogens with zero attached hydrogens (tertiary/aromatic N) is 1. The van der Waals surface area contributed by atoms with Gasteiger partial charge in [-0.1, -0.05) is 6.07 Å². The van der Waals surface area contributed by atoms with Crippen LogP contribution in [0.2, 0.25) is 0 Å². The highest BCUT2D eigenvalue weighted by atomic mass is 16.5. The van der Waals surface area contributed by atoms with E-state index in [-0.39, 0.29) is 23.8 Å². The normalized spacial score (nSPS) is 36.9. The topological polar surface area (TPSA) is 41.9 Å². The lowest BCUT2D eigenvalue weighted by Gasteiger charge is -2.56. The molecule has 5 heteroatoms. The van der Waals surface area contributed by atoms with Crippen molar-refractivity contribution in [2.45, 2.75) is 36.8 Å². The second-order valence-electron chi connectivity index (χ2n) is 7.25. The fraction of sp³-hybridized carbons (Fsp3) is 0.556. The summed E-state index contributed by atoms with van der Waals surface area (Å²) < 4.78 is 12.0. The third-order valence-electron chi connectivity index (χ3n) is 6.47. The molecule has 2 heterocycles. The number of aromatic hydroxyl groups is 1. The summed E-state index contributed by atoms with van der Waals surface area (Å²) in [5.41, 5.74) is 2.49. The molecule has 4 atom stereocenters. The van der Waals surface area contributed by atoms with E-state index in [2.05, 4.69) is 24.1 Å². The van der Waals surface area contributed by atoms with Gasteiger partial charge in [-0.2, -0.15) is 0 Å². The molecule has 4 aliphatic rings. The molecule has 0 amide bonds. The predicted octanol–water partition coefficient (Wildman–Crippen LogP) is 1.70. The van der Waals surface area contributed by atoms with Crippen molar-refractivity contribution in [3.63, 3.8) is 0 Å². The molecule has 23 heavy (non-hydrogen) atoms. The van der Waals surface area contributed by atoms with E-state index < -0.39 is 0 Å². The number of hydrogen-bond acceptors (Lipinski definition) is 4. The standard InChI is InChI=1S/C18H20BNO3/c1-20-7-6-18-11-3-5-14(22-9-19)17(18)23-16-13(21)4-2-10(15(16)18)8-12(11)20/h2,4-5,11-12,17,21H,3,6-9H2,1H3/t11?,12-,17?,18+/m1/s1. The van der Waals surface area contributed by atoms with E-state index in [0.29, 0.717) is 17.7 Å². The first-order valence-corrected chi connectivity index (χ1v) is 8.42. The second kappa shape index (κ2) is 4.47. The van der Waals surface area contributed by atoms with Crippen LogP contribution in [0.3, 0.4) is 0 Å². The summed E-state index contributed by atoms with van der Waals surface area (Å²) in [6.45, 7) is 1.20. The highest BCUT2D eigenvalue weighted by Gasteiger charge is 2.64. The number of likely N-dealkylation sites (N-methyl/N-ethyl adjacent to an activating group) is 1. The molecule has 2 unspecified atom stereocenters. The number of phenols is 1. The minimum absolute atomic E-state index is 0.0713. The first kappa shape index (κ1) is 13.8. The zero-order valence-corrected chi connectivity index (χ0v) is 13.3. The zero-order chi connectivity index (χ0) is 15.8. The number of ether oxygens (including phenoxy) is 2. The van der Waals surface area contributed by atoms with Gasteiger partial charge < -0.3 is 19.5 Å². The Bertz CT molecular complexity index is 718. The van der Waals surface area contributed by atoms with Gasteiger partial charge in [0.15, 0.2) is 17.6 Å². The average molecular weight is 309 g/mol. The second-order valence-corrected chi connectivity index (χ2v) is 7.25. The minimum Gasteiger partial charge on any atom is -0.504 e. The maximum Gasteiger partial charge on any atom is 0.166 e. The van der Waals surface area contributed by atoms with Gasteiger partial charge in [-0.3, -0.25) is 0 Å². The third-order valence-corrected chi connectivity index (χ3v) is 6.47. The fourth-order valence-electron chi connectivity index (χ4n) is 5.55. The number of phenolic OH excluding ortho intramolecular Hbond substituents is 1. The summed E-state index contributed by atoms with van der Waals surface area (Å²) in [6, 6.07) is 4.37. The van der Waals surface area contributed by atoms with Gasteiger partial charge in [0.05, 0.1) is 0 Å². The minimum atomic E-state index is -0.150. The molecule has 2 radical (unpaired) electrons. The molecular weight excluding hydrogens is 289 g/mol. The Kier molecular flexibility index (Phi) is 2.68. The van der Waals surface area contributed by atoms with Crippen molar-refractivity contribution >= 4 is 7.85 Å². The van der Waals surface area contributed by atoms with Gasteiger partial charge in [0.2, 0.25) is 0 Å². The van der Waals surface area contributed by atoms with Crippen LogP contribution in [-0.2, 0) is 16.6 Å². The summed E-state index contributed by atoms with van der Waals surface area (Å²) in [5.74, 6) is 2.27. The smallest absolute Gasteiger partial charge is 0.166 e. The van der Waals surface area contributed by atoms with Crippen molar-refractivity contribution < 1.29 is 14.6 Å². The van der Waals surface area contributed by atoms with Crippen LogP contribution < -0.4 is 4.74 Å². The number of rotatable bonds is 2. The van der Waals surface area contributed by atoms with E-state index in [0.717, 1.165) is 31.6 Å². The molecule has 1 saturated heterocycles. The molecule has 1 spiro atoms. The van der Waals surface area contributed by atoms with Crippen LogP contribution in [0, 0.1) is 5.92 Å². The van der Waals surface area contributed by atoms with Gasteiger partial charge in [0, 0.05) is 23.5 Å². The Morgan fingerprint density at radius 1 is 1.48 bits per heavy atom. The summed E-state index contributed by atoms with van der Waals surface area (Å²) in [5, 5.41) is 10.4. The van der Waals surface area contributed by atoms with Gasteiger partial charge in [0.25, 0.3) is 0 Å². The van der Waals surface area contributed by atoms with Crippen LogP contribution in [0.4, 0.5) is 0 Å². The maximum absolute atomic E-state index is 10.4. The molecule has 1 N–H and O–H groups in total. The zero-order valence-electron chi connectivity index (χ0n) is 13.3. The van der Waals surface area contributed by atoms with Gasteiger partial charge in [-0.05, 0) is 56.5 Å². The van der Waals surface area contributed by atoms with Crippen molar-refractivity contribution in [2.24, 2.45) is 5.92 Å². The van der Waals surface area contributed by atoms with Gasteiger partial charge in [0.1, 0.15) is 13.6 Å². The largest absolute Gasteiger partial charge is 0.504 e. The molecule has 118 valence electrons. The monoisotopic (exact) mass is 309 g/mol. The quantitative estimate of drug-likeness (QED) is 0.845. The molecule has 4 nitrogen and oxygen atoms in total. The number of allylic oxidation sites excluding steroid dienone is 1. The van der Waals surface area contributed by atoms with E-state index in [1.54, 1.807) is 6.07 Å². The predicted molar refractivity (Wildman–Crippen MR) is 86.8 cm³/mol. The van der Waals surface area contributed by atoms with E-state index in [1.165, 1.54) is 11.1 Å². The van der Waals surface area contributed by atoms with Crippen molar-refractivity contribution in [3.05, 3.63) is 35.1 Å². The first-order chi connectivity index (χ1) is 11.2. The number of benzene rings is 1. The van der Waals surface area contributed by atoms with Crippen LogP contribution in [0.1, 0.15) is 24.0 Å². The van der Waals surface area contributed by atoms with Crippen LogP contribution >= 0.6 is 0 Å². The highest BCUT2D eigenvalue weighted by Crippen LogP contribution is 2.63. The third kappa shape index (κ3) is 1.52. The molecule has 0 saturated carbocycles. The Morgan fingerprint density at radius 3 is 3.17 bits per heavy atom. The van der Waals surface area contributed by atoms with E-state index in [9.17, 15) is 5.11 Å². The summed E-state index contributed by atoms with van der Waals surface area (Å²) in [7, 11) is 7.85. The number of piperidine rings is 1. The Labute approximate surface area is 137 Å². The lowest BCUT2D eigenvalue weighted by atomic mass is 9.53. The van der Waals surface area contributed by atoms with Crippen LogP contribution in [0.5, 0.6) is 11.5 Å². The first-order valence-electron chi connectivity index (χ1n) is 8.42. The van der Waals surface area contributed by atoms with Crippen molar-refractivity contribution in [2.75, 3.05) is 20.1 Å².